The van der Waals surface area contributed by atoms with E-state index < -0.39 is 17.6 Å². The Balaban J connectivity index is 1.98. The Labute approximate surface area is 120 Å². The van der Waals surface area contributed by atoms with Crippen molar-refractivity contribution >= 4 is 17.5 Å². The summed E-state index contributed by atoms with van der Waals surface area (Å²) in [5.41, 5.74) is 0.179. The zero-order valence-electron chi connectivity index (χ0n) is 10.5. The van der Waals surface area contributed by atoms with Gasteiger partial charge in [-0.05, 0) is 29.8 Å². The number of aromatic nitrogens is 1. The number of aliphatic hydroxyl groups excluding tert-OH is 1. The number of benzene rings is 1. The predicted molar refractivity (Wildman–Crippen MR) is 75.8 cm³/mol. The molecule has 0 aliphatic heterocycles. The smallest absolute Gasteiger partial charge is 0.260 e. The summed E-state index contributed by atoms with van der Waals surface area (Å²) < 4.78 is 0. The van der Waals surface area contributed by atoms with E-state index in [1.54, 1.807) is 30.3 Å². The third-order valence-electron chi connectivity index (χ3n) is 2.77. The number of H-pyrrole nitrogens is 1. The molecular weight excluding hydrogens is 280 g/mol. The predicted octanol–water partition coefficient (Wildman–Crippen LogP) is 1.49. The summed E-state index contributed by atoms with van der Waals surface area (Å²) in [6.45, 7) is 0.00873. The molecule has 1 unspecified atom stereocenters. The zero-order chi connectivity index (χ0) is 14.5. The zero-order valence-corrected chi connectivity index (χ0v) is 11.2. The van der Waals surface area contributed by atoms with Crippen molar-refractivity contribution in [1.29, 1.82) is 0 Å². The number of hydrogen-bond donors (Lipinski definition) is 3. The summed E-state index contributed by atoms with van der Waals surface area (Å²) >= 11 is 5.75. The van der Waals surface area contributed by atoms with Gasteiger partial charge in [-0.25, -0.2) is 0 Å². The molecule has 1 amide bonds. The van der Waals surface area contributed by atoms with Crippen molar-refractivity contribution in [2.24, 2.45) is 0 Å². The van der Waals surface area contributed by atoms with Gasteiger partial charge in [0, 0.05) is 17.8 Å². The summed E-state index contributed by atoms with van der Waals surface area (Å²) in [4.78, 5) is 25.6. The first kappa shape index (κ1) is 14.3. The number of hydrogen-bond acceptors (Lipinski definition) is 3. The average molecular weight is 293 g/mol. The van der Waals surface area contributed by atoms with Gasteiger partial charge in [0.2, 0.25) is 0 Å². The van der Waals surface area contributed by atoms with Crippen LogP contribution in [0.3, 0.4) is 0 Å². The molecule has 0 radical (unpaired) electrons. The molecule has 1 heterocycles. The van der Waals surface area contributed by atoms with Crippen LogP contribution < -0.4 is 10.9 Å². The van der Waals surface area contributed by atoms with Crippen molar-refractivity contribution in [1.82, 2.24) is 10.3 Å². The fraction of sp³-hybridized carbons (Fsp3) is 0.143. The number of carbonyl (C=O) groups is 1. The number of carbonyl (C=O) groups excluding carboxylic acids is 1. The number of pyridine rings is 1. The standard InChI is InChI=1S/C14H13ClN2O3/c15-10-5-3-9(4-6-10)12(18)8-17-14(20)11-2-1-7-16-13(11)19/h1-7,12,18H,8H2,(H,16,19)(H,17,20). The molecule has 104 valence electrons. The van der Waals surface area contributed by atoms with Gasteiger partial charge >= 0.3 is 0 Å². The van der Waals surface area contributed by atoms with Gasteiger partial charge in [0.1, 0.15) is 5.56 Å². The maximum Gasteiger partial charge on any atom is 0.260 e. The lowest BCUT2D eigenvalue weighted by Crippen LogP contribution is -2.32. The number of amides is 1. The van der Waals surface area contributed by atoms with Gasteiger partial charge in [-0.1, -0.05) is 23.7 Å². The molecule has 2 aromatic rings. The summed E-state index contributed by atoms with van der Waals surface area (Å²) in [6, 6.07) is 9.64. The lowest BCUT2D eigenvalue weighted by molar-refractivity contribution is 0.0915. The monoisotopic (exact) mass is 292 g/mol. The molecule has 3 N–H and O–H groups in total. The van der Waals surface area contributed by atoms with Crippen LogP contribution in [0.4, 0.5) is 0 Å². The van der Waals surface area contributed by atoms with Crippen LogP contribution in [0.5, 0.6) is 0 Å². The van der Waals surface area contributed by atoms with Crippen molar-refractivity contribution in [2.75, 3.05) is 6.54 Å². The maximum atomic E-state index is 11.8. The Bertz CT molecular complexity index is 652. The van der Waals surface area contributed by atoms with E-state index in [4.69, 9.17) is 11.6 Å². The second-order valence-electron chi connectivity index (χ2n) is 4.19. The molecule has 2 rings (SSSR count). The Kier molecular flexibility index (Phi) is 4.55. The van der Waals surface area contributed by atoms with Gasteiger partial charge < -0.3 is 15.4 Å². The lowest BCUT2D eigenvalue weighted by Gasteiger charge is -2.12. The van der Waals surface area contributed by atoms with Gasteiger partial charge in [0.15, 0.2) is 0 Å². The van der Waals surface area contributed by atoms with Crippen LogP contribution in [0.25, 0.3) is 0 Å². The van der Waals surface area contributed by atoms with E-state index in [9.17, 15) is 14.7 Å². The van der Waals surface area contributed by atoms with Crippen molar-refractivity contribution in [2.45, 2.75) is 6.10 Å². The minimum atomic E-state index is -0.862. The molecule has 1 aromatic heterocycles. The highest BCUT2D eigenvalue weighted by Crippen LogP contribution is 2.15. The molecule has 0 bridgehead atoms. The first-order chi connectivity index (χ1) is 9.58. The molecule has 0 saturated carbocycles. The van der Waals surface area contributed by atoms with E-state index in [-0.39, 0.29) is 12.1 Å². The second kappa shape index (κ2) is 6.36. The average Bonchev–Trinajstić information content (AvgIpc) is 2.45. The second-order valence-corrected chi connectivity index (χ2v) is 4.63. The molecule has 0 aliphatic carbocycles. The Morgan fingerprint density at radius 1 is 1.30 bits per heavy atom. The minimum absolute atomic E-state index is 0.00873. The highest BCUT2D eigenvalue weighted by Gasteiger charge is 2.12. The Hall–Kier alpha value is -2.11. The third kappa shape index (κ3) is 3.46. The maximum absolute atomic E-state index is 11.8. The number of aromatic amines is 1. The summed E-state index contributed by atoms with van der Waals surface area (Å²) in [7, 11) is 0. The fourth-order valence-corrected chi connectivity index (χ4v) is 1.81. The van der Waals surface area contributed by atoms with Gasteiger partial charge in [0.25, 0.3) is 11.5 Å². The topological polar surface area (TPSA) is 82.2 Å². The van der Waals surface area contributed by atoms with Crippen LogP contribution >= 0.6 is 11.6 Å². The summed E-state index contributed by atoms with van der Waals surface area (Å²) in [5, 5.41) is 13.0. The van der Waals surface area contributed by atoms with Crippen LogP contribution in [-0.2, 0) is 0 Å². The van der Waals surface area contributed by atoms with E-state index in [1.807, 2.05) is 0 Å². The Morgan fingerprint density at radius 3 is 2.65 bits per heavy atom. The SMILES string of the molecule is O=C(NCC(O)c1ccc(Cl)cc1)c1ccc[nH]c1=O. The largest absolute Gasteiger partial charge is 0.387 e. The minimum Gasteiger partial charge on any atom is -0.387 e. The first-order valence-electron chi connectivity index (χ1n) is 5.97. The molecule has 20 heavy (non-hydrogen) atoms. The number of halogens is 1. The highest BCUT2D eigenvalue weighted by atomic mass is 35.5. The van der Waals surface area contributed by atoms with Gasteiger partial charge in [-0.2, -0.15) is 0 Å². The van der Waals surface area contributed by atoms with E-state index in [0.717, 1.165) is 0 Å². The molecule has 0 fully saturated rings. The van der Waals surface area contributed by atoms with Gasteiger partial charge in [0.05, 0.1) is 6.10 Å². The number of nitrogens with one attached hydrogen (secondary N) is 2. The molecule has 1 aromatic carbocycles. The van der Waals surface area contributed by atoms with Crippen LogP contribution in [0, 0.1) is 0 Å². The van der Waals surface area contributed by atoms with Crippen LogP contribution in [0.15, 0.2) is 47.4 Å². The lowest BCUT2D eigenvalue weighted by atomic mass is 10.1. The van der Waals surface area contributed by atoms with Crippen LogP contribution in [0.1, 0.15) is 22.0 Å². The molecular formula is C14H13ClN2O3. The highest BCUT2D eigenvalue weighted by molar-refractivity contribution is 6.30. The van der Waals surface area contributed by atoms with Crippen molar-refractivity contribution in [3.63, 3.8) is 0 Å². The van der Waals surface area contributed by atoms with E-state index >= 15 is 0 Å². The molecule has 0 saturated heterocycles. The van der Waals surface area contributed by atoms with Gasteiger partial charge in [-0.15, -0.1) is 0 Å². The van der Waals surface area contributed by atoms with E-state index in [2.05, 4.69) is 10.3 Å². The van der Waals surface area contributed by atoms with E-state index in [0.29, 0.717) is 10.6 Å². The normalized spacial score (nSPS) is 11.9. The van der Waals surface area contributed by atoms with Crippen molar-refractivity contribution < 1.29 is 9.90 Å². The van der Waals surface area contributed by atoms with Crippen LogP contribution in [0.2, 0.25) is 5.02 Å². The molecule has 0 aliphatic rings. The quantitative estimate of drug-likeness (QED) is 0.798. The fourth-order valence-electron chi connectivity index (χ4n) is 1.69. The Morgan fingerprint density at radius 2 is 2.00 bits per heavy atom. The van der Waals surface area contributed by atoms with Crippen molar-refractivity contribution in [3.8, 4) is 0 Å². The van der Waals surface area contributed by atoms with E-state index in [1.165, 1.54) is 12.3 Å². The van der Waals surface area contributed by atoms with Crippen molar-refractivity contribution in [3.05, 3.63) is 69.1 Å². The molecule has 6 heteroatoms. The molecule has 1 atom stereocenters. The number of rotatable bonds is 4. The molecule has 5 nitrogen and oxygen atoms in total. The summed E-state index contributed by atoms with van der Waals surface area (Å²) in [6.07, 6.45) is 0.584. The first-order valence-corrected chi connectivity index (χ1v) is 6.35. The van der Waals surface area contributed by atoms with Gasteiger partial charge in [-0.3, -0.25) is 9.59 Å². The third-order valence-corrected chi connectivity index (χ3v) is 3.03. The molecule has 0 spiro atoms. The number of aliphatic hydroxyl groups is 1. The van der Waals surface area contributed by atoms with Crippen LogP contribution in [-0.4, -0.2) is 22.5 Å². The summed E-state index contributed by atoms with van der Waals surface area (Å²) in [5.74, 6) is -0.528.